The standard InChI is InChI=1S/C17H17N3O4/c1-11(18-14-7-5-6-13(10-14)12(2)21)17(22)19-15-8-3-4-9-16(15)20(23)24/h3-11,18H,1-2H3,(H,19,22)/t11-/m1/s1. The third-order valence-corrected chi connectivity index (χ3v) is 3.40. The van der Waals surface area contributed by atoms with Crippen molar-refractivity contribution in [2.75, 3.05) is 10.6 Å². The zero-order valence-corrected chi connectivity index (χ0v) is 13.3. The molecule has 0 unspecified atom stereocenters. The first-order chi connectivity index (χ1) is 11.4. The zero-order valence-electron chi connectivity index (χ0n) is 13.3. The molecule has 124 valence electrons. The van der Waals surface area contributed by atoms with E-state index in [2.05, 4.69) is 10.6 Å². The lowest BCUT2D eigenvalue weighted by Crippen LogP contribution is -2.32. The van der Waals surface area contributed by atoms with Crippen LogP contribution >= 0.6 is 0 Å². The molecular weight excluding hydrogens is 310 g/mol. The van der Waals surface area contributed by atoms with Crippen LogP contribution in [0.3, 0.4) is 0 Å². The number of hydrogen-bond acceptors (Lipinski definition) is 5. The molecule has 0 fully saturated rings. The second kappa shape index (κ2) is 7.36. The molecule has 7 heteroatoms. The summed E-state index contributed by atoms with van der Waals surface area (Å²) in [5.41, 5.74) is 1.12. The van der Waals surface area contributed by atoms with Crippen molar-refractivity contribution in [3.05, 3.63) is 64.2 Å². The molecule has 0 aromatic heterocycles. The summed E-state index contributed by atoms with van der Waals surface area (Å²) in [6.45, 7) is 3.09. The highest BCUT2D eigenvalue weighted by Gasteiger charge is 2.18. The molecule has 0 bridgehead atoms. The highest BCUT2D eigenvalue weighted by atomic mass is 16.6. The second-order valence-corrected chi connectivity index (χ2v) is 5.27. The SMILES string of the molecule is CC(=O)c1cccc(N[C@H](C)C(=O)Nc2ccccc2[N+](=O)[O-])c1. The first-order valence-electron chi connectivity index (χ1n) is 7.30. The zero-order chi connectivity index (χ0) is 17.7. The van der Waals surface area contributed by atoms with Crippen LogP contribution in [0.4, 0.5) is 17.1 Å². The predicted molar refractivity (Wildman–Crippen MR) is 91.3 cm³/mol. The average Bonchev–Trinajstić information content (AvgIpc) is 2.55. The van der Waals surface area contributed by atoms with E-state index in [-0.39, 0.29) is 17.2 Å². The number of carbonyl (C=O) groups is 2. The van der Waals surface area contributed by atoms with Crippen molar-refractivity contribution in [1.82, 2.24) is 0 Å². The van der Waals surface area contributed by atoms with E-state index in [9.17, 15) is 19.7 Å². The minimum Gasteiger partial charge on any atom is -0.374 e. The van der Waals surface area contributed by atoms with Gasteiger partial charge < -0.3 is 10.6 Å². The first-order valence-corrected chi connectivity index (χ1v) is 7.30. The molecule has 24 heavy (non-hydrogen) atoms. The highest BCUT2D eigenvalue weighted by Crippen LogP contribution is 2.23. The Balaban J connectivity index is 2.09. The van der Waals surface area contributed by atoms with Crippen molar-refractivity contribution in [3.63, 3.8) is 0 Å². The Morgan fingerprint density at radius 1 is 1.12 bits per heavy atom. The Morgan fingerprint density at radius 3 is 2.50 bits per heavy atom. The number of amides is 1. The molecule has 7 nitrogen and oxygen atoms in total. The number of Topliss-reactive ketones (excluding diaryl/α,β-unsaturated/α-hetero) is 1. The second-order valence-electron chi connectivity index (χ2n) is 5.27. The van der Waals surface area contributed by atoms with Gasteiger partial charge in [-0.25, -0.2) is 0 Å². The fourth-order valence-electron chi connectivity index (χ4n) is 2.12. The van der Waals surface area contributed by atoms with Gasteiger partial charge in [0.05, 0.1) is 4.92 Å². The molecule has 2 aromatic carbocycles. The lowest BCUT2D eigenvalue weighted by atomic mass is 10.1. The predicted octanol–water partition coefficient (Wildman–Crippen LogP) is 3.24. The van der Waals surface area contributed by atoms with Gasteiger partial charge in [0.1, 0.15) is 11.7 Å². The molecular formula is C17H17N3O4. The molecule has 0 heterocycles. The Bertz CT molecular complexity index is 789. The van der Waals surface area contributed by atoms with Gasteiger partial charge in [-0.3, -0.25) is 19.7 Å². The number of nitro groups is 1. The normalized spacial score (nSPS) is 11.4. The van der Waals surface area contributed by atoms with Gasteiger partial charge in [0.2, 0.25) is 5.91 Å². The Kier molecular flexibility index (Phi) is 5.26. The maximum atomic E-state index is 12.2. The van der Waals surface area contributed by atoms with Gasteiger partial charge in [0.25, 0.3) is 5.69 Å². The fourth-order valence-corrected chi connectivity index (χ4v) is 2.12. The number of carbonyl (C=O) groups excluding carboxylic acids is 2. The van der Waals surface area contributed by atoms with E-state index < -0.39 is 16.9 Å². The van der Waals surface area contributed by atoms with Crippen LogP contribution in [0.25, 0.3) is 0 Å². The van der Waals surface area contributed by atoms with Gasteiger partial charge in [-0.1, -0.05) is 24.3 Å². The minimum absolute atomic E-state index is 0.0735. The number of hydrogen-bond donors (Lipinski definition) is 2. The molecule has 0 aliphatic carbocycles. The number of ketones is 1. The van der Waals surface area contributed by atoms with Gasteiger partial charge in [-0.15, -0.1) is 0 Å². The smallest absolute Gasteiger partial charge is 0.292 e. The van der Waals surface area contributed by atoms with E-state index in [0.717, 1.165) is 0 Å². The maximum absolute atomic E-state index is 12.2. The molecule has 2 N–H and O–H groups in total. The Morgan fingerprint density at radius 2 is 1.83 bits per heavy atom. The number of rotatable bonds is 6. The van der Waals surface area contributed by atoms with Gasteiger partial charge >= 0.3 is 0 Å². The molecule has 2 rings (SSSR count). The number of nitro benzene ring substituents is 1. The van der Waals surface area contributed by atoms with Crippen molar-refractivity contribution in [3.8, 4) is 0 Å². The summed E-state index contributed by atoms with van der Waals surface area (Å²) >= 11 is 0. The van der Waals surface area contributed by atoms with Crippen molar-refractivity contribution in [2.24, 2.45) is 0 Å². The molecule has 1 amide bonds. The van der Waals surface area contributed by atoms with Crippen LogP contribution in [0.5, 0.6) is 0 Å². The minimum atomic E-state index is -0.646. The first kappa shape index (κ1) is 17.1. The number of nitrogens with one attached hydrogen (secondary N) is 2. The van der Waals surface area contributed by atoms with Crippen LogP contribution < -0.4 is 10.6 Å². The van der Waals surface area contributed by atoms with Crippen molar-refractivity contribution < 1.29 is 14.5 Å². The van der Waals surface area contributed by atoms with E-state index in [1.165, 1.54) is 25.1 Å². The molecule has 0 aliphatic heterocycles. The van der Waals surface area contributed by atoms with Crippen molar-refractivity contribution in [1.29, 1.82) is 0 Å². The Labute approximate surface area is 138 Å². The summed E-state index contributed by atoms with van der Waals surface area (Å²) in [5, 5.41) is 16.5. The summed E-state index contributed by atoms with van der Waals surface area (Å²) in [4.78, 5) is 34.1. The van der Waals surface area contributed by atoms with Crippen LogP contribution in [0.2, 0.25) is 0 Å². The number of nitrogens with zero attached hydrogens (tertiary/aromatic N) is 1. The summed E-state index contributed by atoms with van der Waals surface area (Å²) in [6.07, 6.45) is 0. The summed E-state index contributed by atoms with van der Waals surface area (Å²) in [7, 11) is 0. The number of anilines is 2. The van der Waals surface area contributed by atoms with Crippen LogP contribution in [0.15, 0.2) is 48.5 Å². The summed E-state index contributed by atoms with van der Waals surface area (Å²) in [5.74, 6) is -0.492. The highest BCUT2D eigenvalue weighted by molar-refractivity contribution is 5.98. The molecule has 2 aromatic rings. The third kappa shape index (κ3) is 4.16. The van der Waals surface area contributed by atoms with E-state index in [1.807, 2.05) is 0 Å². The molecule has 0 saturated carbocycles. The van der Waals surface area contributed by atoms with Crippen LogP contribution in [-0.2, 0) is 4.79 Å². The monoisotopic (exact) mass is 327 g/mol. The summed E-state index contributed by atoms with van der Waals surface area (Å²) in [6, 6.07) is 12.1. The Hall–Kier alpha value is -3.22. The average molecular weight is 327 g/mol. The molecule has 0 radical (unpaired) electrons. The van der Waals surface area contributed by atoms with E-state index in [4.69, 9.17) is 0 Å². The number of benzene rings is 2. The van der Waals surface area contributed by atoms with E-state index in [0.29, 0.717) is 11.3 Å². The van der Waals surface area contributed by atoms with Crippen molar-refractivity contribution >= 4 is 28.8 Å². The lowest BCUT2D eigenvalue weighted by molar-refractivity contribution is -0.383. The quantitative estimate of drug-likeness (QED) is 0.482. The van der Waals surface area contributed by atoms with Crippen LogP contribution in [-0.4, -0.2) is 22.7 Å². The maximum Gasteiger partial charge on any atom is 0.292 e. The van der Waals surface area contributed by atoms with Gasteiger partial charge in [0, 0.05) is 17.3 Å². The third-order valence-electron chi connectivity index (χ3n) is 3.40. The largest absolute Gasteiger partial charge is 0.374 e. The topological polar surface area (TPSA) is 101 Å². The van der Waals surface area contributed by atoms with Crippen LogP contribution in [0, 0.1) is 10.1 Å². The van der Waals surface area contributed by atoms with Crippen LogP contribution in [0.1, 0.15) is 24.2 Å². The molecule has 0 aliphatic rings. The fraction of sp³-hybridized carbons (Fsp3) is 0.176. The van der Waals surface area contributed by atoms with E-state index in [1.54, 1.807) is 37.3 Å². The lowest BCUT2D eigenvalue weighted by Gasteiger charge is -2.15. The van der Waals surface area contributed by atoms with Gasteiger partial charge in [-0.05, 0) is 32.0 Å². The number of para-hydroxylation sites is 2. The molecule has 1 atom stereocenters. The van der Waals surface area contributed by atoms with Gasteiger partial charge in [-0.2, -0.15) is 0 Å². The van der Waals surface area contributed by atoms with E-state index >= 15 is 0 Å². The van der Waals surface area contributed by atoms with Gasteiger partial charge in [0.15, 0.2) is 5.78 Å². The molecule has 0 saturated heterocycles. The summed E-state index contributed by atoms with van der Waals surface area (Å²) < 4.78 is 0. The van der Waals surface area contributed by atoms with Crippen molar-refractivity contribution in [2.45, 2.75) is 19.9 Å². The molecule has 0 spiro atoms.